The lowest BCUT2D eigenvalue weighted by Crippen LogP contribution is -2.42. The van der Waals surface area contributed by atoms with Crippen molar-refractivity contribution in [2.75, 3.05) is 30.4 Å². The van der Waals surface area contributed by atoms with E-state index in [9.17, 15) is 22.8 Å². The number of carbonyl (C=O) groups is 3. The van der Waals surface area contributed by atoms with Crippen molar-refractivity contribution < 1.29 is 22.8 Å². The third-order valence-corrected chi connectivity index (χ3v) is 9.29. The van der Waals surface area contributed by atoms with Gasteiger partial charge >= 0.3 is 6.03 Å². The quantitative estimate of drug-likeness (QED) is 0.432. The number of fused-ring (bicyclic) bond motifs is 1. The Labute approximate surface area is 231 Å². The number of nitrogens with zero attached hydrogens (tertiary/aromatic N) is 3. The van der Waals surface area contributed by atoms with Gasteiger partial charge in [-0.1, -0.05) is 29.3 Å². The molecule has 0 saturated heterocycles. The molecule has 4 amide bonds. The van der Waals surface area contributed by atoms with Gasteiger partial charge in [0.05, 0.1) is 28.0 Å². The van der Waals surface area contributed by atoms with Gasteiger partial charge in [-0.2, -0.15) is 0 Å². The number of amidine groups is 1. The van der Waals surface area contributed by atoms with Crippen molar-refractivity contribution in [2.24, 2.45) is 4.99 Å². The smallest absolute Gasteiger partial charge is 0.333 e. The summed E-state index contributed by atoms with van der Waals surface area (Å²) in [5, 5.41) is 2.39. The number of thiophene rings is 1. The summed E-state index contributed by atoms with van der Waals surface area (Å²) in [6.07, 6.45) is -0.00472. The number of anilines is 2. The Kier molecular flexibility index (Phi) is 6.90. The third kappa shape index (κ3) is 4.99. The number of imide groups is 1. The highest BCUT2D eigenvalue weighted by atomic mass is 35.5. The minimum atomic E-state index is -4.12. The van der Waals surface area contributed by atoms with Crippen molar-refractivity contribution in [1.82, 2.24) is 9.62 Å². The highest BCUT2D eigenvalue weighted by Crippen LogP contribution is 2.34. The van der Waals surface area contributed by atoms with Gasteiger partial charge in [0, 0.05) is 30.4 Å². The summed E-state index contributed by atoms with van der Waals surface area (Å²) in [4.78, 5) is 46.1. The number of sulfonamides is 1. The van der Waals surface area contributed by atoms with E-state index < -0.39 is 27.9 Å². The summed E-state index contributed by atoms with van der Waals surface area (Å²) in [5.41, 5.74) is 2.12. The van der Waals surface area contributed by atoms with E-state index in [1.165, 1.54) is 30.3 Å². The monoisotopic (exact) mass is 591 g/mol. The largest absolute Gasteiger partial charge is 0.358 e. The summed E-state index contributed by atoms with van der Waals surface area (Å²) in [5.74, 6) is -0.162. The molecular formula is C24H19Cl2N5O5S2. The Morgan fingerprint density at radius 2 is 1.87 bits per heavy atom. The summed E-state index contributed by atoms with van der Waals surface area (Å²) in [6.45, 7) is 1.50. The van der Waals surface area contributed by atoms with E-state index in [4.69, 9.17) is 23.2 Å². The third-order valence-electron chi connectivity index (χ3n) is 5.93. The number of aliphatic imine (C=N–C) groups is 1. The molecule has 0 bridgehead atoms. The molecule has 5 rings (SSSR count). The molecular weight excluding hydrogens is 573 g/mol. The molecule has 10 nitrogen and oxygen atoms in total. The number of hydrogen-bond donors (Lipinski definition) is 2. The molecule has 1 aromatic heterocycles. The molecule has 2 aliphatic heterocycles. The van der Waals surface area contributed by atoms with Crippen LogP contribution in [-0.2, 0) is 21.2 Å². The minimum absolute atomic E-state index is 0.00472. The van der Waals surface area contributed by atoms with Crippen molar-refractivity contribution in [1.29, 1.82) is 0 Å². The Bertz CT molecular complexity index is 1640. The average Bonchev–Trinajstić information content (AvgIpc) is 3.48. The first-order valence-corrected chi connectivity index (χ1v) is 14.2. The predicted octanol–water partition coefficient (Wildman–Crippen LogP) is 3.99. The number of likely N-dealkylation sites (N-methyl/N-ethyl adjacent to an activating group) is 1. The van der Waals surface area contributed by atoms with Crippen LogP contribution in [0.5, 0.6) is 0 Å². The number of halogens is 2. The van der Waals surface area contributed by atoms with Gasteiger partial charge in [0.15, 0.2) is 0 Å². The molecule has 38 heavy (non-hydrogen) atoms. The number of rotatable bonds is 5. The molecule has 3 heterocycles. The lowest BCUT2D eigenvalue weighted by molar-refractivity contribution is -0.117. The summed E-state index contributed by atoms with van der Waals surface area (Å²) in [7, 11) is -2.18. The first kappa shape index (κ1) is 26.2. The van der Waals surface area contributed by atoms with Crippen LogP contribution in [-0.4, -0.2) is 57.1 Å². The van der Waals surface area contributed by atoms with E-state index in [-0.39, 0.29) is 31.4 Å². The van der Waals surface area contributed by atoms with Crippen molar-refractivity contribution >= 4 is 79.6 Å². The molecule has 2 N–H and O–H groups in total. The summed E-state index contributed by atoms with van der Waals surface area (Å²) < 4.78 is 26.7. The van der Waals surface area contributed by atoms with E-state index in [0.29, 0.717) is 17.7 Å². The van der Waals surface area contributed by atoms with Gasteiger partial charge in [0.25, 0.3) is 15.9 Å². The predicted molar refractivity (Wildman–Crippen MR) is 146 cm³/mol. The normalized spacial score (nSPS) is 15.4. The topological polar surface area (TPSA) is 128 Å². The second-order valence-corrected chi connectivity index (χ2v) is 12.5. The lowest BCUT2D eigenvalue weighted by atomic mass is 9.95. The number of carbonyl (C=O) groups excluding carboxylic acids is 3. The van der Waals surface area contributed by atoms with Gasteiger partial charge < -0.3 is 10.2 Å². The molecule has 0 unspecified atom stereocenters. The first-order chi connectivity index (χ1) is 18.0. The van der Waals surface area contributed by atoms with Gasteiger partial charge in [-0.05, 0) is 48.0 Å². The number of hydrogen-bond acceptors (Lipinski definition) is 8. The maximum absolute atomic E-state index is 13.3. The van der Waals surface area contributed by atoms with Gasteiger partial charge in [0.1, 0.15) is 10.0 Å². The Hall–Kier alpha value is -3.45. The summed E-state index contributed by atoms with van der Waals surface area (Å²) in [6, 6.07) is 11.1. The van der Waals surface area contributed by atoms with Crippen molar-refractivity contribution in [3.05, 3.63) is 74.6 Å². The second kappa shape index (κ2) is 10.0. The molecule has 2 aromatic carbocycles. The minimum Gasteiger partial charge on any atom is -0.358 e. The van der Waals surface area contributed by atoms with Crippen molar-refractivity contribution in [3.8, 4) is 0 Å². The fraction of sp³-hybridized carbons (Fsp3) is 0.167. The van der Waals surface area contributed by atoms with Crippen LogP contribution in [0.25, 0.3) is 0 Å². The highest BCUT2D eigenvalue weighted by Gasteiger charge is 2.34. The number of benzene rings is 2. The number of nitrogens with one attached hydrogen (secondary N) is 2. The van der Waals surface area contributed by atoms with E-state index in [2.05, 4.69) is 10.3 Å². The molecule has 3 aromatic rings. The molecule has 0 saturated carbocycles. The zero-order chi connectivity index (χ0) is 27.2. The van der Waals surface area contributed by atoms with Gasteiger partial charge in [-0.3, -0.25) is 14.6 Å². The molecule has 0 aliphatic carbocycles. The van der Waals surface area contributed by atoms with Gasteiger partial charge in [-0.15, -0.1) is 11.3 Å². The maximum atomic E-state index is 13.3. The van der Waals surface area contributed by atoms with E-state index in [0.717, 1.165) is 34.2 Å². The number of urea groups is 1. The van der Waals surface area contributed by atoms with Crippen LogP contribution < -0.4 is 14.9 Å². The van der Waals surface area contributed by atoms with Crippen LogP contribution in [0.3, 0.4) is 0 Å². The summed E-state index contributed by atoms with van der Waals surface area (Å²) >= 11 is 13.0. The molecule has 0 fully saturated rings. The van der Waals surface area contributed by atoms with Crippen LogP contribution in [0.1, 0.15) is 21.5 Å². The molecule has 196 valence electrons. The zero-order valence-electron chi connectivity index (χ0n) is 19.7. The molecule has 2 aliphatic rings. The van der Waals surface area contributed by atoms with Crippen LogP contribution in [0.2, 0.25) is 9.36 Å². The standard InChI is InChI=1S/C24H19Cl2N5O5S2/c1-30-9-8-27-22(30)13-2-4-16-14(10-13)11-20(32)31(23(16)33)18-5-3-15(12-17(18)25)28-24(34)29-38(35,36)21-7-6-19(26)37-21/h2-7,10,12H,8-9,11H2,1H3,(H2,28,29,34). The molecule has 0 atom stereocenters. The number of amides is 4. The lowest BCUT2D eigenvalue weighted by Gasteiger charge is -2.28. The first-order valence-electron chi connectivity index (χ1n) is 11.2. The SMILES string of the molecule is CN1CCN=C1c1ccc2c(c1)CC(=O)N(c1ccc(NC(=O)NS(=O)(=O)c3ccc(Cl)s3)cc1Cl)C2=O. The van der Waals surface area contributed by atoms with Crippen LogP contribution in [0.4, 0.5) is 16.2 Å². The maximum Gasteiger partial charge on any atom is 0.333 e. The molecule has 14 heteroatoms. The Morgan fingerprint density at radius 1 is 1.08 bits per heavy atom. The van der Waals surface area contributed by atoms with Crippen LogP contribution >= 0.6 is 34.5 Å². The van der Waals surface area contributed by atoms with Crippen molar-refractivity contribution in [2.45, 2.75) is 10.6 Å². The Balaban J connectivity index is 1.33. The molecule has 0 spiro atoms. The van der Waals surface area contributed by atoms with Gasteiger partial charge in [0.2, 0.25) is 5.91 Å². The highest BCUT2D eigenvalue weighted by molar-refractivity contribution is 7.92. The fourth-order valence-corrected chi connectivity index (χ4v) is 6.84. The average molecular weight is 592 g/mol. The van der Waals surface area contributed by atoms with Gasteiger partial charge in [-0.25, -0.2) is 22.8 Å². The van der Waals surface area contributed by atoms with Crippen LogP contribution in [0, 0.1) is 0 Å². The van der Waals surface area contributed by atoms with E-state index in [1.54, 1.807) is 12.1 Å². The zero-order valence-corrected chi connectivity index (χ0v) is 22.8. The van der Waals surface area contributed by atoms with Crippen molar-refractivity contribution in [3.63, 3.8) is 0 Å². The Morgan fingerprint density at radius 3 is 2.53 bits per heavy atom. The van der Waals surface area contributed by atoms with E-state index >= 15 is 0 Å². The van der Waals surface area contributed by atoms with Crippen LogP contribution in [0.15, 0.2) is 57.7 Å². The van der Waals surface area contributed by atoms with E-state index in [1.807, 2.05) is 22.7 Å². The fourth-order valence-electron chi connectivity index (χ4n) is 4.19. The second-order valence-electron chi connectivity index (χ2n) is 8.49. The molecule has 0 radical (unpaired) electrons.